The maximum absolute atomic E-state index is 4.14. The summed E-state index contributed by atoms with van der Waals surface area (Å²) in [6.45, 7) is 0. The number of hydrogen-bond donors (Lipinski definition) is 1. The van der Waals surface area contributed by atoms with Gasteiger partial charge in [-0.3, -0.25) is 0 Å². The van der Waals surface area contributed by atoms with E-state index in [1.54, 1.807) is 0 Å². The largest absolute Gasteiger partial charge is 0.179 e. The lowest BCUT2D eigenvalue weighted by Gasteiger charge is -1.96. The highest BCUT2D eigenvalue weighted by atomic mass is 79.9. The minimum Gasteiger partial charge on any atom is -0.179 e. The van der Waals surface area contributed by atoms with Crippen LogP contribution < -0.4 is 0 Å². The molecule has 0 nitrogen and oxygen atoms in total. The van der Waals surface area contributed by atoms with Crippen molar-refractivity contribution >= 4 is 34.6 Å². The lowest BCUT2D eigenvalue weighted by molar-refractivity contribution is 1.26. The quantitative estimate of drug-likeness (QED) is 0.613. The first kappa shape index (κ1) is 10.9. The van der Waals surface area contributed by atoms with Crippen LogP contribution in [0.15, 0.2) is 30.3 Å². The Hall–Kier alpha value is -0.210. The highest BCUT2D eigenvalue weighted by Gasteiger charge is 1.88. The number of rotatable bonds is 4. The molecule has 0 fully saturated rings. The van der Waals surface area contributed by atoms with E-state index < -0.39 is 0 Å². The predicted octanol–water partition coefficient (Wildman–Crippen LogP) is 3.91. The molecule has 0 aliphatic carbocycles. The van der Waals surface area contributed by atoms with Gasteiger partial charge < -0.3 is 0 Å². The molecule has 0 spiro atoms. The van der Waals surface area contributed by atoms with E-state index in [4.69, 9.17) is 0 Å². The monoisotopic (exact) mass is 256 g/mol. The number of benzene rings is 1. The average molecular weight is 257 g/mol. The van der Waals surface area contributed by atoms with Crippen molar-refractivity contribution in [2.24, 2.45) is 0 Å². The average Bonchev–Trinajstić information content (AvgIpc) is 2.19. The van der Waals surface area contributed by atoms with Crippen LogP contribution in [-0.4, -0.2) is 5.75 Å². The summed E-state index contributed by atoms with van der Waals surface area (Å²) < 4.78 is 0. The second kappa shape index (κ2) is 6.28. The number of thiol groups is 1. The Balaban J connectivity index is 2.58. The van der Waals surface area contributed by atoms with Crippen molar-refractivity contribution in [3.05, 3.63) is 41.5 Å². The Labute approximate surface area is 93.6 Å². The highest BCUT2D eigenvalue weighted by Crippen LogP contribution is 2.09. The molecule has 0 saturated heterocycles. The molecular weight excluding hydrogens is 244 g/mol. The van der Waals surface area contributed by atoms with Gasteiger partial charge in [-0.2, -0.15) is 12.6 Å². The molecule has 0 aliphatic heterocycles. The Morgan fingerprint density at radius 1 is 1.23 bits per heavy atom. The van der Waals surface area contributed by atoms with E-state index in [0.29, 0.717) is 0 Å². The number of hydrogen-bond acceptors (Lipinski definition) is 1. The van der Waals surface area contributed by atoms with Gasteiger partial charge in [-0.15, -0.1) is 0 Å². The van der Waals surface area contributed by atoms with Crippen LogP contribution in [0.4, 0.5) is 0 Å². The second-order valence-corrected chi connectivity index (χ2v) is 3.80. The molecule has 0 heterocycles. The lowest BCUT2D eigenvalue weighted by Crippen LogP contribution is -1.77. The van der Waals surface area contributed by atoms with Gasteiger partial charge in [0.1, 0.15) is 0 Å². The van der Waals surface area contributed by atoms with Gasteiger partial charge in [0.15, 0.2) is 0 Å². The molecule has 0 saturated carbocycles. The van der Waals surface area contributed by atoms with Gasteiger partial charge in [0.05, 0.1) is 0 Å². The van der Waals surface area contributed by atoms with Gasteiger partial charge in [0, 0.05) is 5.33 Å². The minimum atomic E-state index is 0.913. The van der Waals surface area contributed by atoms with Crippen LogP contribution in [0, 0.1) is 0 Å². The SMILES string of the molecule is SCCC=Cc1ccc(CBr)cc1. The standard InChI is InChI=1S/C11H13BrS/c12-9-11-6-4-10(5-7-11)3-1-2-8-13/h1,3-7,13H,2,8-9H2. The Kier molecular flexibility index (Phi) is 5.25. The third kappa shape index (κ3) is 4.01. The molecule has 0 bridgehead atoms. The molecule has 0 amide bonds. The molecular formula is C11H13BrS. The molecule has 13 heavy (non-hydrogen) atoms. The fourth-order valence-corrected chi connectivity index (χ4v) is 1.53. The fraction of sp³-hybridized carbons (Fsp3) is 0.273. The van der Waals surface area contributed by atoms with Crippen LogP contribution in [0.1, 0.15) is 17.5 Å². The summed E-state index contributed by atoms with van der Waals surface area (Å²) in [5.41, 5.74) is 2.57. The van der Waals surface area contributed by atoms with E-state index >= 15 is 0 Å². The maximum Gasteiger partial charge on any atom is 0.0283 e. The third-order valence-corrected chi connectivity index (χ3v) is 2.65. The van der Waals surface area contributed by atoms with E-state index in [-0.39, 0.29) is 0 Å². The van der Waals surface area contributed by atoms with Crippen molar-refractivity contribution in [1.82, 2.24) is 0 Å². The van der Waals surface area contributed by atoms with Crippen molar-refractivity contribution < 1.29 is 0 Å². The van der Waals surface area contributed by atoms with Crippen molar-refractivity contribution in [3.8, 4) is 0 Å². The van der Waals surface area contributed by atoms with Crippen LogP contribution in [0.5, 0.6) is 0 Å². The summed E-state index contributed by atoms with van der Waals surface area (Å²) >= 11 is 7.56. The molecule has 1 aromatic carbocycles. The molecule has 70 valence electrons. The smallest absolute Gasteiger partial charge is 0.0283 e. The van der Waals surface area contributed by atoms with Gasteiger partial charge in [0.2, 0.25) is 0 Å². The first-order chi connectivity index (χ1) is 6.36. The first-order valence-corrected chi connectivity index (χ1v) is 6.04. The third-order valence-electron chi connectivity index (χ3n) is 1.74. The fourth-order valence-electron chi connectivity index (χ4n) is 1.01. The number of allylic oxidation sites excluding steroid dienone is 1. The van der Waals surface area contributed by atoms with E-state index in [9.17, 15) is 0 Å². The first-order valence-electron chi connectivity index (χ1n) is 4.29. The van der Waals surface area contributed by atoms with Crippen LogP contribution >= 0.6 is 28.6 Å². The summed E-state index contributed by atoms with van der Waals surface area (Å²) in [7, 11) is 0. The van der Waals surface area contributed by atoms with Crippen LogP contribution in [0.3, 0.4) is 0 Å². The molecule has 0 N–H and O–H groups in total. The van der Waals surface area contributed by atoms with Gasteiger partial charge >= 0.3 is 0 Å². The Bertz CT molecular complexity index is 264. The highest BCUT2D eigenvalue weighted by molar-refractivity contribution is 9.08. The summed E-state index contributed by atoms with van der Waals surface area (Å²) in [5.74, 6) is 0.913. The zero-order valence-electron chi connectivity index (χ0n) is 7.41. The van der Waals surface area contributed by atoms with Crippen LogP contribution in [0.25, 0.3) is 6.08 Å². The molecule has 0 aliphatic rings. The summed E-state index contributed by atoms with van der Waals surface area (Å²) in [6.07, 6.45) is 5.31. The van der Waals surface area contributed by atoms with E-state index in [0.717, 1.165) is 17.5 Å². The second-order valence-electron chi connectivity index (χ2n) is 2.79. The predicted molar refractivity (Wildman–Crippen MR) is 66.6 cm³/mol. The molecule has 0 atom stereocenters. The summed E-state index contributed by atoms with van der Waals surface area (Å²) in [5, 5.41) is 0.924. The van der Waals surface area contributed by atoms with E-state index in [2.05, 4.69) is 65.0 Å². The topological polar surface area (TPSA) is 0 Å². The van der Waals surface area contributed by atoms with Gasteiger partial charge in [-0.1, -0.05) is 52.3 Å². The van der Waals surface area contributed by atoms with E-state index in [1.165, 1.54) is 11.1 Å². The van der Waals surface area contributed by atoms with Crippen LogP contribution in [-0.2, 0) is 5.33 Å². The van der Waals surface area contributed by atoms with Gasteiger partial charge in [0.25, 0.3) is 0 Å². The maximum atomic E-state index is 4.14. The number of alkyl halides is 1. The minimum absolute atomic E-state index is 0.913. The lowest BCUT2D eigenvalue weighted by atomic mass is 10.1. The van der Waals surface area contributed by atoms with Crippen molar-refractivity contribution in [1.29, 1.82) is 0 Å². The zero-order valence-corrected chi connectivity index (χ0v) is 9.89. The molecule has 0 radical (unpaired) electrons. The Morgan fingerprint density at radius 3 is 2.46 bits per heavy atom. The molecule has 1 aromatic rings. The van der Waals surface area contributed by atoms with Gasteiger partial charge in [-0.05, 0) is 23.3 Å². The van der Waals surface area contributed by atoms with Crippen LogP contribution in [0.2, 0.25) is 0 Å². The number of halogens is 1. The molecule has 2 heteroatoms. The normalized spacial score (nSPS) is 10.9. The molecule has 0 aromatic heterocycles. The van der Waals surface area contributed by atoms with Crippen molar-refractivity contribution in [2.75, 3.05) is 5.75 Å². The van der Waals surface area contributed by atoms with Crippen molar-refractivity contribution in [2.45, 2.75) is 11.8 Å². The zero-order chi connectivity index (χ0) is 9.52. The summed E-state index contributed by atoms with van der Waals surface area (Å²) in [4.78, 5) is 0. The molecule has 1 rings (SSSR count). The molecule has 0 unspecified atom stereocenters. The Morgan fingerprint density at radius 2 is 1.92 bits per heavy atom. The van der Waals surface area contributed by atoms with Crippen molar-refractivity contribution in [3.63, 3.8) is 0 Å². The van der Waals surface area contributed by atoms with E-state index in [1.807, 2.05) is 0 Å². The summed E-state index contributed by atoms with van der Waals surface area (Å²) in [6, 6.07) is 8.53. The van der Waals surface area contributed by atoms with Gasteiger partial charge in [-0.25, -0.2) is 0 Å².